The van der Waals surface area contributed by atoms with Crippen molar-refractivity contribution < 1.29 is 9.90 Å². The third-order valence-corrected chi connectivity index (χ3v) is 2.66. The topological polar surface area (TPSA) is 40.5 Å². The molecule has 1 N–H and O–H groups in total. The quantitative estimate of drug-likeness (QED) is 0.707. The number of carbonyl (C=O) groups is 1. The summed E-state index contributed by atoms with van der Waals surface area (Å²) in [5.74, 6) is -0.781. The Balaban J connectivity index is 2.32. The fourth-order valence-corrected chi connectivity index (χ4v) is 1.92. The minimum Gasteiger partial charge on any atom is -0.481 e. The number of rotatable bonds is 5. The summed E-state index contributed by atoms with van der Waals surface area (Å²) in [5, 5.41) is 8.94. The maximum absolute atomic E-state index is 10.9. The molecule has 13 heavy (non-hydrogen) atoms. The second-order valence-corrected chi connectivity index (χ2v) is 3.83. The van der Waals surface area contributed by atoms with Crippen molar-refractivity contribution in [3.63, 3.8) is 0 Å². The summed E-state index contributed by atoms with van der Waals surface area (Å²) in [6, 6.07) is 0. The first kappa shape index (κ1) is 10.5. The molecule has 0 aromatic rings. The molecule has 1 aliphatic heterocycles. The van der Waals surface area contributed by atoms with Crippen molar-refractivity contribution in [1.29, 1.82) is 0 Å². The van der Waals surface area contributed by atoms with Gasteiger partial charge in [-0.3, -0.25) is 4.79 Å². The molecular weight excluding hydrogens is 166 g/mol. The Morgan fingerprint density at radius 2 is 2.08 bits per heavy atom. The number of carboxylic acids is 1. The van der Waals surface area contributed by atoms with Crippen molar-refractivity contribution >= 4 is 5.97 Å². The lowest BCUT2D eigenvalue weighted by molar-refractivity contribution is -0.142. The lowest BCUT2D eigenvalue weighted by Crippen LogP contribution is -2.31. The number of nitrogens with zero attached hydrogens (tertiary/aromatic N) is 1. The summed E-state index contributed by atoms with van der Waals surface area (Å²) in [6.07, 6.45) is 4.24. The van der Waals surface area contributed by atoms with Crippen LogP contribution in [-0.4, -0.2) is 35.6 Å². The Morgan fingerprint density at radius 3 is 2.54 bits per heavy atom. The van der Waals surface area contributed by atoms with E-state index < -0.39 is 5.97 Å². The average molecular weight is 185 g/mol. The van der Waals surface area contributed by atoms with Gasteiger partial charge in [0, 0.05) is 6.54 Å². The SMILES string of the molecule is CCCC(CN1CCCC1)C(=O)O. The van der Waals surface area contributed by atoms with Crippen molar-refractivity contribution in [2.75, 3.05) is 19.6 Å². The second kappa shape index (κ2) is 5.22. The molecule has 1 unspecified atom stereocenters. The van der Waals surface area contributed by atoms with Gasteiger partial charge in [-0.25, -0.2) is 0 Å². The van der Waals surface area contributed by atoms with E-state index >= 15 is 0 Å². The molecule has 0 radical (unpaired) electrons. The second-order valence-electron chi connectivity index (χ2n) is 3.83. The summed E-state index contributed by atoms with van der Waals surface area (Å²) < 4.78 is 0. The molecule has 1 saturated heterocycles. The average Bonchev–Trinajstić information content (AvgIpc) is 2.56. The van der Waals surface area contributed by atoms with Crippen LogP contribution in [0.1, 0.15) is 32.6 Å². The van der Waals surface area contributed by atoms with E-state index in [9.17, 15) is 4.79 Å². The van der Waals surface area contributed by atoms with Gasteiger partial charge in [0.2, 0.25) is 0 Å². The minimum absolute atomic E-state index is 0.150. The lowest BCUT2D eigenvalue weighted by Gasteiger charge is -2.19. The van der Waals surface area contributed by atoms with Crippen LogP contribution in [0.25, 0.3) is 0 Å². The Labute approximate surface area is 79.7 Å². The van der Waals surface area contributed by atoms with Gasteiger partial charge in [0.25, 0.3) is 0 Å². The van der Waals surface area contributed by atoms with Gasteiger partial charge < -0.3 is 10.0 Å². The van der Waals surface area contributed by atoms with Gasteiger partial charge in [-0.1, -0.05) is 13.3 Å². The van der Waals surface area contributed by atoms with E-state index in [1.54, 1.807) is 0 Å². The number of hydrogen-bond acceptors (Lipinski definition) is 2. The highest BCUT2D eigenvalue weighted by molar-refractivity contribution is 5.70. The van der Waals surface area contributed by atoms with Crippen molar-refractivity contribution in [3.05, 3.63) is 0 Å². The maximum Gasteiger partial charge on any atom is 0.307 e. The maximum atomic E-state index is 10.9. The van der Waals surface area contributed by atoms with Gasteiger partial charge in [0.05, 0.1) is 5.92 Å². The van der Waals surface area contributed by atoms with Gasteiger partial charge in [-0.15, -0.1) is 0 Å². The molecule has 3 heteroatoms. The summed E-state index contributed by atoms with van der Waals surface area (Å²) in [4.78, 5) is 13.1. The van der Waals surface area contributed by atoms with Gasteiger partial charge in [-0.2, -0.15) is 0 Å². The standard InChI is InChI=1S/C10H19NO2/c1-2-5-9(10(12)13)8-11-6-3-4-7-11/h9H,2-8H2,1H3,(H,12,13). The minimum atomic E-state index is -0.631. The smallest absolute Gasteiger partial charge is 0.307 e. The van der Waals surface area contributed by atoms with E-state index in [2.05, 4.69) is 4.90 Å². The summed E-state index contributed by atoms with van der Waals surface area (Å²) >= 11 is 0. The van der Waals surface area contributed by atoms with Crippen LogP contribution >= 0.6 is 0 Å². The van der Waals surface area contributed by atoms with Crippen LogP contribution in [0.2, 0.25) is 0 Å². The number of likely N-dealkylation sites (tertiary alicyclic amines) is 1. The molecule has 1 heterocycles. The predicted octanol–water partition coefficient (Wildman–Crippen LogP) is 1.58. The lowest BCUT2D eigenvalue weighted by atomic mass is 10.0. The van der Waals surface area contributed by atoms with Crippen LogP contribution in [0.5, 0.6) is 0 Å². The molecular formula is C10H19NO2. The zero-order chi connectivity index (χ0) is 9.68. The van der Waals surface area contributed by atoms with E-state index in [-0.39, 0.29) is 5.92 Å². The first-order valence-electron chi connectivity index (χ1n) is 5.19. The van der Waals surface area contributed by atoms with Crippen molar-refractivity contribution in [3.8, 4) is 0 Å². The van der Waals surface area contributed by atoms with Crippen molar-refractivity contribution in [1.82, 2.24) is 4.90 Å². The Kier molecular flexibility index (Phi) is 4.22. The fourth-order valence-electron chi connectivity index (χ4n) is 1.92. The van der Waals surface area contributed by atoms with Crippen LogP contribution in [0, 0.1) is 5.92 Å². The number of aliphatic carboxylic acids is 1. The molecule has 76 valence electrons. The molecule has 0 aromatic carbocycles. The molecule has 0 amide bonds. The zero-order valence-electron chi connectivity index (χ0n) is 8.33. The fraction of sp³-hybridized carbons (Fsp3) is 0.900. The first-order chi connectivity index (χ1) is 6.24. The first-order valence-corrected chi connectivity index (χ1v) is 5.19. The molecule has 0 aromatic heterocycles. The third-order valence-electron chi connectivity index (χ3n) is 2.66. The van der Waals surface area contributed by atoms with Gasteiger partial charge in [0.15, 0.2) is 0 Å². The molecule has 1 rings (SSSR count). The highest BCUT2D eigenvalue weighted by Gasteiger charge is 2.21. The third kappa shape index (κ3) is 3.35. The highest BCUT2D eigenvalue weighted by atomic mass is 16.4. The van der Waals surface area contributed by atoms with Crippen LogP contribution in [0.4, 0.5) is 0 Å². The van der Waals surface area contributed by atoms with Gasteiger partial charge >= 0.3 is 5.97 Å². The normalized spacial score (nSPS) is 20.4. The van der Waals surface area contributed by atoms with E-state index in [0.29, 0.717) is 0 Å². The molecule has 1 aliphatic rings. The number of hydrogen-bond donors (Lipinski definition) is 1. The molecule has 0 saturated carbocycles. The van der Waals surface area contributed by atoms with E-state index in [0.717, 1.165) is 32.5 Å². The summed E-state index contributed by atoms with van der Waals surface area (Å²) in [6.45, 7) is 4.98. The van der Waals surface area contributed by atoms with E-state index in [1.165, 1.54) is 12.8 Å². The van der Waals surface area contributed by atoms with Crippen LogP contribution in [-0.2, 0) is 4.79 Å². The van der Waals surface area contributed by atoms with Gasteiger partial charge in [0.1, 0.15) is 0 Å². The van der Waals surface area contributed by atoms with Gasteiger partial charge in [-0.05, 0) is 32.4 Å². The molecule has 0 bridgehead atoms. The van der Waals surface area contributed by atoms with E-state index in [1.807, 2.05) is 6.92 Å². The van der Waals surface area contributed by atoms with E-state index in [4.69, 9.17) is 5.11 Å². The molecule has 3 nitrogen and oxygen atoms in total. The summed E-state index contributed by atoms with van der Waals surface area (Å²) in [7, 11) is 0. The van der Waals surface area contributed by atoms with Crippen molar-refractivity contribution in [2.45, 2.75) is 32.6 Å². The molecule has 1 fully saturated rings. The van der Waals surface area contributed by atoms with Crippen molar-refractivity contribution in [2.24, 2.45) is 5.92 Å². The monoisotopic (exact) mass is 185 g/mol. The molecule has 0 aliphatic carbocycles. The Morgan fingerprint density at radius 1 is 1.46 bits per heavy atom. The number of carboxylic acid groups (broad SMARTS) is 1. The zero-order valence-corrected chi connectivity index (χ0v) is 8.33. The predicted molar refractivity (Wildman–Crippen MR) is 51.7 cm³/mol. The Hall–Kier alpha value is -0.570. The highest BCUT2D eigenvalue weighted by Crippen LogP contribution is 2.14. The largest absolute Gasteiger partial charge is 0.481 e. The summed E-state index contributed by atoms with van der Waals surface area (Å²) in [5.41, 5.74) is 0. The molecule has 1 atom stereocenters. The van der Waals surface area contributed by atoms with Crippen LogP contribution in [0.3, 0.4) is 0 Å². The Bertz CT molecular complexity index is 164. The molecule has 0 spiro atoms. The van der Waals surface area contributed by atoms with Crippen LogP contribution < -0.4 is 0 Å². The van der Waals surface area contributed by atoms with Crippen LogP contribution in [0.15, 0.2) is 0 Å².